The third-order valence-corrected chi connectivity index (χ3v) is 4.37. The highest BCUT2D eigenvalue weighted by Crippen LogP contribution is 2.11. The zero-order valence-corrected chi connectivity index (χ0v) is 15.3. The fourth-order valence-electron chi connectivity index (χ4n) is 2.10. The Bertz CT molecular complexity index is 407. The summed E-state index contributed by atoms with van der Waals surface area (Å²) in [4.78, 5) is 22.7. The van der Waals surface area contributed by atoms with Crippen molar-refractivity contribution in [1.82, 2.24) is 10.6 Å². The molecule has 0 saturated carbocycles. The van der Waals surface area contributed by atoms with Gasteiger partial charge in [-0.3, -0.25) is 4.79 Å². The van der Waals surface area contributed by atoms with E-state index in [1.54, 1.807) is 6.08 Å². The van der Waals surface area contributed by atoms with Crippen LogP contribution >= 0.6 is 12.6 Å². The zero-order valence-electron chi connectivity index (χ0n) is 14.4. The van der Waals surface area contributed by atoms with Crippen LogP contribution in [-0.4, -0.2) is 59.1 Å². The first-order valence-electron chi connectivity index (χ1n) is 8.26. The van der Waals surface area contributed by atoms with Crippen molar-refractivity contribution in [2.24, 2.45) is 11.7 Å². The molecule has 0 aliphatic heterocycles. The number of aliphatic hydroxyl groups is 1. The third kappa shape index (κ3) is 9.92. The molecule has 0 spiro atoms. The molecule has 140 valence electrons. The summed E-state index contributed by atoms with van der Waals surface area (Å²) in [6.45, 7) is 4.57. The second-order valence-corrected chi connectivity index (χ2v) is 6.26. The number of carboxylic acids is 1. The zero-order chi connectivity index (χ0) is 18.5. The predicted octanol–water partition coefficient (Wildman–Crippen LogP) is 0.146. The predicted molar refractivity (Wildman–Crippen MR) is 98.1 cm³/mol. The summed E-state index contributed by atoms with van der Waals surface area (Å²) >= 11 is 4.16. The van der Waals surface area contributed by atoms with Crippen LogP contribution < -0.4 is 16.4 Å². The van der Waals surface area contributed by atoms with Crippen LogP contribution in [0.4, 0.5) is 0 Å². The Hall–Kier alpha value is -1.09. The maximum atomic E-state index is 11.8. The highest BCUT2D eigenvalue weighted by molar-refractivity contribution is 7.80. The normalized spacial score (nSPS) is 16.5. The molecule has 0 radical (unpaired) electrons. The number of hydrogen-bond acceptors (Lipinski definition) is 6. The SMILES string of the molecule is CC[C@H](C)[C@H](C/C=C/C(=O)N[C@H](CCO)C(=O)O)NC[C@@H](N)CS. The van der Waals surface area contributed by atoms with Gasteiger partial charge in [-0.15, -0.1) is 0 Å². The van der Waals surface area contributed by atoms with Gasteiger partial charge in [0, 0.05) is 37.4 Å². The Morgan fingerprint density at radius 1 is 1.38 bits per heavy atom. The topological polar surface area (TPSA) is 125 Å². The molecule has 0 aromatic rings. The molecule has 0 aliphatic carbocycles. The number of carboxylic acid groups (broad SMARTS) is 1. The molecule has 0 unspecified atom stereocenters. The molecular formula is C16H31N3O4S. The number of amides is 1. The largest absolute Gasteiger partial charge is 0.480 e. The molecule has 7 nitrogen and oxygen atoms in total. The lowest BCUT2D eigenvalue weighted by Gasteiger charge is -2.24. The number of rotatable bonds is 13. The highest BCUT2D eigenvalue weighted by atomic mass is 32.1. The number of carbonyl (C=O) groups is 2. The first-order valence-corrected chi connectivity index (χ1v) is 8.89. The van der Waals surface area contributed by atoms with E-state index < -0.39 is 17.9 Å². The molecule has 0 bridgehead atoms. The first kappa shape index (κ1) is 22.9. The van der Waals surface area contributed by atoms with Crippen molar-refractivity contribution < 1.29 is 19.8 Å². The molecule has 6 N–H and O–H groups in total. The van der Waals surface area contributed by atoms with Crippen LogP contribution in [0.25, 0.3) is 0 Å². The van der Waals surface area contributed by atoms with Gasteiger partial charge in [0.05, 0.1) is 0 Å². The van der Waals surface area contributed by atoms with Crippen LogP contribution in [0.5, 0.6) is 0 Å². The number of nitrogens with two attached hydrogens (primary N) is 1. The van der Waals surface area contributed by atoms with Crippen molar-refractivity contribution in [1.29, 1.82) is 0 Å². The van der Waals surface area contributed by atoms with E-state index in [4.69, 9.17) is 15.9 Å². The number of carbonyl (C=O) groups excluding carboxylic acids is 1. The summed E-state index contributed by atoms with van der Waals surface area (Å²) in [5.74, 6) is -0.637. The van der Waals surface area contributed by atoms with Gasteiger partial charge >= 0.3 is 5.97 Å². The average Bonchev–Trinajstić information content (AvgIpc) is 2.56. The van der Waals surface area contributed by atoms with Crippen LogP contribution in [0.3, 0.4) is 0 Å². The molecule has 8 heteroatoms. The fraction of sp³-hybridized carbons (Fsp3) is 0.750. The first-order chi connectivity index (χ1) is 11.3. The van der Waals surface area contributed by atoms with Gasteiger partial charge in [0.25, 0.3) is 0 Å². The average molecular weight is 362 g/mol. The van der Waals surface area contributed by atoms with Crippen molar-refractivity contribution in [3.8, 4) is 0 Å². The molecule has 0 aromatic carbocycles. The van der Waals surface area contributed by atoms with E-state index in [-0.39, 0.29) is 25.1 Å². The van der Waals surface area contributed by atoms with Crippen molar-refractivity contribution in [3.05, 3.63) is 12.2 Å². The summed E-state index contributed by atoms with van der Waals surface area (Å²) in [5.41, 5.74) is 5.85. The number of nitrogens with one attached hydrogen (secondary N) is 2. The van der Waals surface area contributed by atoms with Gasteiger partial charge in [-0.2, -0.15) is 12.6 Å². The summed E-state index contributed by atoms with van der Waals surface area (Å²) < 4.78 is 0. The van der Waals surface area contributed by atoms with E-state index in [0.717, 1.165) is 6.42 Å². The Morgan fingerprint density at radius 2 is 2.04 bits per heavy atom. The Balaban J connectivity index is 4.51. The lowest BCUT2D eigenvalue weighted by atomic mass is 9.96. The smallest absolute Gasteiger partial charge is 0.326 e. The van der Waals surface area contributed by atoms with Crippen LogP contribution in [0.15, 0.2) is 12.2 Å². The Kier molecular flexibility index (Phi) is 12.6. The summed E-state index contributed by atoms with van der Waals surface area (Å²) in [6, 6.07) is -0.927. The summed E-state index contributed by atoms with van der Waals surface area (Å²) in [6.07, 6.45) is 4.67. The molecule has 0 rings (SSSR count). The molecule has 1 amide bonds. The minimum Gasteiger partial charge on any atom is -0.480 e. The van der Waals surface area contributed by atoms with Gasteiger partial charge in [0.2, 0.25) is 5.91 Å². The van der Waals surface area contributed by atoms with E-state index in [0.29, 0.717) is 24.6 Å². The van der Waals surface area contributed by atoms with E-state index in [2.05, 4.69) is 37.1 Å². The van der Waals surface area contributed by atoms with Crippen molar-refractivity contribution in [2.45, 2.75) is 51.2 Å². The van der Waals surface area contributed by atoms with E-state index in [1.807, 2.05) is 0 Å². The molecule has 0 aromatic heterocycles. The summed E-state index contributed by atoms with van der Waals surface area (Å²) in [7, 11) is 0. The maximum Gasteiger partial charge on any atom is 0.326 e. The number of aliphatic hydroxyl groups excluding tert-OH is 1. The second-order valence-electron chi connectivity index (χ2n) is 5.89. The molecule has 0 heterocycles. The van der Waals surface area contributed by atoms with Crippen molar-refractivity contribution >= 4 is 24.5 Å². The van der Waals surface area contributed by atoms with Crippen LogP contribution in [0.2, 0.25) is 0 Å². The Labute approximate surface area is 149 Å². The molecule has 24 heavy (non-hydrogen) atoms. The minimum atomic E-state index is -1.16. The monoisotopic (exact) mass is 361 g/mol. The lowest BCUT2D eigenvalue weighted by Crippen LogP contribution is -2.43. The minimum absolute atomic E-state index is 0.0203. The molecule has 0 fully saturated rings. The molecular weight excluding hydrogens is 330 g/mol. The maximum absolute atomic E-state index is 11.8. The molecule has 4 atom stereocenters. The third-order valence-electron chi connectivity index (χ3n) is 3.90. The number of aliphatic carboxylic acids is 1. The fourth-order valence-corrected chi connectivity index (χ4v) is 2.23. The summed E-state index contributed by atoms with van der Waals surface area (Å²) in [5, 5.41) is 23.5. The van der Waals surface area contributed by atoms with Crippen LogP contribution in [0.1, 0.15) is 33.1 Å². The van der Waals surface area contributed by atoms with Gasteiger partial charge in [0.1, 0.15) is 6.04 Å². The van der Waals surface area contributed by atoms with Crippen LogP contribution in [0, 0.1) is 5.92 Å². The second kappa shape index (κ2) is 13.2. The van der Waals surface area contributed by atoms with E-state index in [1.165, 1.54) is 6.08 Å². The number of thiol groups is 1. The van der Waals surface area contributed by atoms with E-state index in [9.17, 15) is 9.59 Å². The van der Waals surface area contributed by atoms with Crippen molar-refractivity contribution in [2.75, 3.05) is 18.9 Å². The van der Waals surface area contributed by atoms with Gasteiger partial charge in [-0.05, 0) is 18.4 Å². The lowest BCUT2D eigenvalue weighted by molar-refractivity contribution is -0.141. The van der Waals surface area contributed by atoms with Gasteiger partial charge < -0.3 is 26.6 Å². The van der Waals surface area contributed by atoms with Crippen molar-refractivity contribution in [3.63, 3.8) is 0 Å². The quantitative estimate of drug-likeness (QED) is 0.205. The highest BCUT2D eigenvalue weighted by Gasteiger charge is 2.18. The Morgan fingerprint density at radius 3 is 2.54 bits per heavy atom. The van der Waals surface area contributed by atoms with E-state index >= 15 is 0 Å². The van der Waals surface area contributed by atoms with Gasteiger partial charge in [-0.1, -0.05) is 26.3 Å². The number of hydrogen-bond donors (Lipinski definition) is 6. The molecule has 0 saturated heterocycles. The van der Waals surface area contributed by atoms with Crippen LogP contribution in [-0.2, 0) is 9.59 Å². The van der Waals surface area contributed by atoms with Gasteiger partial charge in [-0.25, -0.2) is 4.79 Å². The standard InChI is InChI=1S/C16H31N3O4S/c1-3-11(2)13(18-9-12(17)10-24)5-4-6-15(21)19-14(7-8-20)16(22)23/h4,6,11-14,18,20,24H,3,5,7-10,17H2,1-2H3,(H,19,21)(H,22,23)/b6-4+/t11-,12+,13-,14+/m0/s1. The molecule has 0 aliphatic rings. The van der Waals surface area contributed by atoms with Gasteiger partial charge in [0.15, 0.2) is 0 Å².